The number of aliphatic carboxylic acids is 1. The molecule has 1 fully saturated rings. The number of hydrogen-bond acceptors (Lipinski definition) is 6. The number of alkyl carbamates (subject to hydrolysis) is 1. The number of thioether (sulfide) groups is 1. The van der Waals surface area contributed by atoms with E-state index in [1.54, 1.807) is 32.5 Å². The second kappa shape index (κ2) is 12.2. The highest BCUT2D eigenvalue weighted by molar-refractivity contribution is 8.00. The lowest BCUT2D eigenvalue weighted by molar-refractivity contribution is -0.149. The first kappa shape index (κ1) is 31.5. The Morgan fingerprint density at radius 2 is 1.55 bits per heavy atom. The minimum absolute atomic E-state index is 0.182. The molecule has 1 heterocycles. The van der Waals surface area contributed by atoms with Crippen LogP contribution in [0.15, 0.2) is 54.6 Å². The average molecular weight is 570 g/mol. The minimum Gasteiger partial charge on any atom is -0.480 e. The average Bonchev–Trinajstić information content (AvgIpc) is 3.22. The van der Waals surface area contributed by atoms with E-state index in [4.69, 9.17) is 4.74 Å². The number of ether oxygens (including phenoxy) is 1. The lowest BCUT2D eigenvalue weighted by Gasteiger charge is -2.34. The molecule has 3 N–H and O–H groups in total. The van der Waals surface area contributed by atoms with Gasteiger partial charge in [-0.25, -0.2) is 9.59 Å². The molecule has 2 amide bonds. The van der Waals surface area contributed by atoms with Crippen LogP contribution in [0.25, 0.3) is 11.1 Å². The van der Waals surface area contributed by atoms with Crippen LogP contribution in [-0.2, 0) is 19.1 Å². The maximum atomic E-state index is 14.0. The largest absolute Gasteiger partial charge is 0.480 e. The maximum absolute atomic E-state index is 14.0. The molecule has 2 aromatic carbocycles. The van der Waals surface area contributed by atoms with Crippen molar-refractivity contribution in [3.63, 3.8) is 0 Å². The molecular weight excluding hydrogens is 526 g/mol. The van der Waals surface area contributed by atoms with Crippen LogP contribution in [0.3, 0.4) is 0 Å². The van der Waals surface area contributed by atoms with Gasteiger partial charge >= 0.3 is 12.1 Å². The van der Waals surface area contributed by atoms with Crippen LogP contribution in [0.4, 0.5) is 4.79 Å². The number of likely N-dealkylation sites (tertiary alicyclic amines) is 1. The maximum Gasteiger partial charge on any atom is 0.409 e. The van der Waals surface area contributed by atoms with Crippen LogP contribution in [0.5, 0.6) is 0 Å². The minimum atomic E-state index is -1.17. The molecule has 3 rings (SSSR count). The van der Waals surface area contributed by atoms with Gasteiger partial charge in [-0.05, 0) is 69.9 Å². The number of rotatable bonds is 8. The van der Waals surface area contributed by atoms with Crippen LogP contribution >= 0.6 is 11.8 Å². The van der Waals surface area contributed by atoms with Gasteiger partial charge in [-0.3, -0.25) is 15.4 Å². The fraction of sp³-hybridized carbons (Fsp3) is 0.516. The first-order valence-electron chi connectivity index (χ1n) is 13.6. The van der Waals surface area contributed by atoms with E-state index in [-0.39, 0.29) is 18.2 Å². The summed E-state index contributed by atoms with van der Waals surface area (Å²) >= 11 is 1.66. The van der Waals surface area contributed by atoms with Crippen LogP contribution in [-0.4, -0.2) is 63.1 Å². The Morgan fingerprint density at radius 1 is 0.975 bits per heavy atom. The standard InChI is InChI=1S/C31H43N3O5S/c1-20(2)40-31(23-16-14-22(15-17-23)21-12-10-9-11-13-21)18-24(27(36)37)34(19-31)26(35)25(33-29(3,4)5)32-28(38)39-30(6,7)8/h9-17,20,24-25,33H,18-19H2,1-8H3,(H,32,38)(H,36,37)/t24-,25-,31-/m0/s1. The van der Waals surface area contributed by atoms with E-state index in [9.17, 15) is 19.5 Å². The molecule has 40 heavy (non-hydrogen) atoms. The zero-order valence-electron chi connectivity index (χ0n) is 24.8. The molecule has 3 atom stereocenters. The number of amides is 2. The first-order chi connectivity index (χ1) is 18.5. The molecule has 0 bridgehead atoms. The van der Waals surface area contributed by atoms with Crippen molar-refractivity contribution in [2.75, 3.05) is 6.54 Å². The van der Waals surface area contributed by atoms with Crippen LogP contribution in [0.1, 0.15) is 67.4 Å². The summed E-state index contributed by atoms with van der Waals surface area (Å²) in [7, 11) is 0. The lowest BCUT2D eigenvalue weighted by atomic mass is 9.93. The van der Waals surface area contributed by atoms with Crippen LogP contribution in [0.2, 0.25) is 0 Å². The molecule has 1 saturated heterocycles. The number of carbonyl (C=O) groups excluding carboxylic acids is 2. The predicted molar refractivity (Wildman–Crippen MR) is 160 cm³/mol. The van der Waals surface area contributed by atoms with Crippen molar-refractivity contribution in [2.45, 2.75) is 95.2 Å². The molecule has 8 nitrogen and oxygen atoms in total. The summed E-state index contributed by atoms with van der Waals surface area (Å²) in [5.74, 6) is -1.59. The summed E-state index contributed by atoms with van der Waals surface area (Å²) in [6.07, 6.45) is -1.68. The van der Waals surface area contributed by atoms with Gasteiger partial charge in [-0.1, -0.05) is 68.4 Å². The number of carboxylic acids is 1. The van der Waals surface area contributed by atoms with Crippen molar-refractivity contribution in [3.8, 4) is 11.1 Å². The summed E-state index contributed by atoms with van der Waals surface area (Å²) in [5, 5.41) is 16.2. The van der Waals surface area contributed by atoms with Gasteiger partial charge in [-0.2, -0.15) is 0 Å². The van der Waals surface area contributed by atoms with Gasteiger partial charge in [0.25, 0.3) is 5.91 Å². The fourth-order valence-corrected chi connectivity index (χ4v) is 6.56. The number of carboxylic acid groups (broad SMARTS) is 1. The highest BCUT2D eigenvalue weighted by atomic mass is 32.2. The molecule has 0 unspecified atom stereocenters. The van der Waals surface area contributed by atoms with Crippen LogP contribution in [0, 0.1) is 0 Å². The predicted octanol–water partition coefficient (Wildman–Crippen LogP) is 5.61. The topological polar surface area (TPSA) is 108 Å². The Morgan fingerprint density at radius 3 is 2.05 bits per heavy atom. The number of nitrogens with zero attached hydrogens (tertiary/aromatic N) is 1. The van der Waals surface area contributed by atoms with Crippen molar-refractivity contribution < 1.29 is 24.2 Å². The van der Waals surface area contributed by atoms with Gasteiger partial charge < -0.3 is 14.7 Å². The normalized spacial score (nSPS) is 20.3. The Kier molecular flexibility index (Phi) is 9.62. The summed E-state index contributed by atoms with van der Waals surface area (Å²) in [6, 6.07) is 17.1. The van der Waals surface area contributed by atoms with Gasteiger partial charge in [0, 0.05) is 12.1 Å². The second-order valence-electron chi connectivity index (χ2n) is 12.6. The van der Waals surface area contributed by atoms with Crippen LogP contribution < -0.4 is 10.6 Å². The first-order valence-corrected chi connectivity index (χ1v) is 14.5. The smallest absolute Gasteiger partial charge is 0.409 e. The molecular formula is C31H43N3O5S. The van der Waals surface area contributed by atoms with Crippen molar-refractivity contribution in [1.29, 1.82) is 0 Å². The number of carbonyl (C=O) groups is 3. The van der Waals surface area contributed by atoms with E-state index in [0.717, 1.165) is 16.7 Å². The summed E-state index contributed by atoms with van der Waals surface area (Å²) < 4.78 is 4.76. The second-order valence-corrected chi connectivity index (χ2v) is 14.6. The van der Waals surface area contributed by atoms with Crippen molar-refractivity contribution in [1.82, 2.24) is 15.5 Å². The van der Waals surface area contributed by atoms with Gasteiger partial charge in [0.05, 0.1) is 4.75 Å². The van der Waals surface area contributed by atoms with E-state index < -0.39 is 46.1 Å². The monoisotopic (exact) mass is 569 g/mol. The summed E-state index contributed by atoms with van der Waals surface area (Å²) in [6.45, 7) is 15.2. The van der Waals surface area contributed by atoms with Crippen molar-refractivity contribution in [2.24, 2.45) is 0 Å². The third-order valence-electron chi connectivity index (χ3n) is 6.36. The van der Waals surface area contributed by atoms with Gasteiger partial charge in [0.1, 0.15) is 11.6 Å². The van der Waals surface area contributed by atoms with Gasteiger partial charge in [0.15, 0.2) is 6.17 Å². The molecule has 0 spiro atoms. The van der Waals surface area contributed by atoms with E-state index >= 15 is 0 Å². The molecule has 9 heteroatoms. The van der Waals surface area contributed by atoms with E-state index in [2.05, 4.69) is 24.5 Å². The fourth-order valence-electron chi connectivity index (χ4n) is 4.92. The quantitative estimate of drug-likeness (QED) is 0.355. The SMILES string of the molecule is CC(C)S[C@@]1(c2ccc(-c3ccccc3)cc2)C[C@@H](C(=O)O)N(C(=O)[C@@H](NC(=O)OC(C)(C)C)NC(C)(C)C)C1. The molecule has 1 aliphatic heterocycles. The molecule has 0 saturated carbocycles. The molecule has 1 aliphatic rings. The zero-order valence-corrected chi connectivity index (χ0v) is 25.6. The third kappa shape index (κ3) is 8.24. The lowest BCUT2D eigenvalue weighted by Crippen LogP contribution is -2.62. The highest BCUT2D eigenvalue weighted by Gasteiger charge is 2.52. The third-order valence-corrected chi connectivity index (χ3v) is 7.81. The number of benzene rings is 2. The van der Waals surface area contributed by atoms with Crippen molar-refractivity contribution in [3.05, 3.63) is 60.2 Å². The Balaban J connectivity index is 1.97. The highest BCUT2D eigenvalue weighted by Crippen LogP contribution is 2.49. The molecule has 2 aromatic rings. The van der Waals surface area contributed by atoms with E-state index in [1.807, 2.05) is 75.4 Å². The van der Waals surface area contributed by atoms with Crippen molar-refractivity contribution >= 4 is 29.7 Å². The van der Waals surface area contributed by atoms with Gasteiger partial charge in [-0.15, -0.1) is 11.8 Å². The van der Waals surface area contributed by atoms with Gasteiger partial charge in [0.2, 0.25) is 0 Å². The zero-order chi connectivity index (χ0) is 29.9. The Bertz CT molecular complexity index is 1190. The number of nitrogens with one attached hydrogen (secondary N) is 2. The van der Waals surface area contributed by atoms with E-state index in [0.29, 0.717) is 0 Å². The molecule has 218 valence electrons. The molecule has 0 aromatic heterocycles. The number of hydrogen-bond donors (Lipinski definition) is 3. The Hall–Kier alpha value is -3.04. The summed E-state index contributed by atoms with van der Waals surface area (Å²) in [5.41, 5.74) is 1.81. The summed E-state index contributed by atoms with van der Waals surface area (Å²) in [4.78, 5) is 40.6. The molecule has 0 radical (unpaired) electrons. The Labute approximate surface area is 242 Å². The van der Waals surface area contributed by atoms with E-state index in [1.165, 1.54) is 4.90 Å². The molecule has 0 aliphatic carbocycles.